The maximum Gasteiger partial charge on any atom is 0.197 e. The molecule has 0 aromatic rings. The average molecular weight is 130 g/mol. The largest absolute Gasteiger partial charge is 0.385 e. The first kappa shape index (κ1) is 6.38. The Morgan fingerprint density at radius 1 is 1.33 bits per heavy atom. The van der Waals surface area contributed by atoms with Gasteiger partial charge in [0.2, 0.25) is 0 Å². The molecule has 1 rings (SSSR count). The molecule has 0 radical (unpaired) electrons. The molecule has 0 bridgehead atoms. The number of aliphatic hydroxyl groups excluding tert-OH is 2. The highest BCUT2D eigenvalue weighted by Crippen LogP contribution is 2.10. The third-order valence-corrected chi connectivity index (χ3v) is 1.30. The summed E-state index contributed by atoms with van der Waals surface area (Å²) in [6.07, 6.45) is -3.08. The van der Waals surface area contributed by atoms with E-state index in [1.807, 2.05) is 0 Å². The third-order valence-electron chi connectivity index (χ3n) is 1.30. The van der Waals surface area contributed by atoms with Gasteiger partial charge in [-0.1, -0.05) is 0 Å². The van der Waals surface area contributed by atoms with Crippen LogP contribution in [0.15, 0.2) is 0 Å². The van der Waals surface area contributed by atoms with Gasteiger partial charge in [-0.25, -0.2) is 0 Å². The lowest BCUT2D eigenvalue weighted by Crippen LogP contribution is -2.24. The van der Waals surface area contributed by atoms with Crippen LogP contribution in [-0.2, 0) is 9.59 Å². The van der Waals surface area contributed by atoms with Crippen molar-refractivity contribution in [1.82, 2.24) is 0 Å². The molecule has 0 spiro atoms. The summed E-state index contributed by atoms with van der Waals surface area (Å²) in [6.45, 7) is 0. The van der Waals surface area contributed by atoms with Crippen LogP contribution in [-0.4, -0.2) is 34.0 Å². The number of hydrogen-bond acceptors (Lipinski definition) is 4. The van der Waals surface area contributed by atoms with Gasteiger partial charge >= 0.3 is 0 Å². The quantitative estimate of drug-likeness (QED) is 0.381. The van der Waals surface area contributed by atoms with E-state index in [-0.39, 0.29) is 6.42 Å². The Kier molecular flexibility index (Phi) is 1.34. The molecule has 9 heavy (non-hydrogen) atoms. The maximum absolute atomic E-state index is 10.4. The zero-order chi connectivity index (χ0) is 7.02. The van der Waals surface area contributed by atoms with Crippen LogP contribution in [0.2, 0.25) is 0 Å². The summed E-state index contributed by atoms with van der Waals surface area (Å²) in [7, 11) is 0. The average Bonchev–Trinajstić information content (AvgIpc) is 1.98. The molecule has 1 fully saturated rings. The molecule has 4 nitrogen and oxygen atoms in total. The molecule has 0 heterocycles. The number of hydrogen-bond donors (Lipinski definition) is 2. The maximum atomic E-state index is 10.4. The predicted octanol–water partition coefficient (Wildman–Crippen LogP) is -1.75. The molecule has 50 valence electrons. The van der Waals surface area contributed by atoms with Crippen LogP contribution in [0, 0.1) is 0 Å². The molecule has 1 saturated carbocycles. The molecule has 2 unspecified atom stereocenters. The summed E-state index contributed by atoms with van der Waals surface area (Å²) in [5, 5.41) is 17.2. The van der Waals surface area contributed by atoms with Gasteiger partial charge in [0.15, 0.2) is 17.7 Å². The van der Waals surface area contributed by atoms with Crippen molar-refractivity contribution < 1.29 is 19.8 Å². The SMILES string of the molecule is O=C1CC(O)C(=O)C1O. The zero-order valence-electron chi connectivity index (χ0n) is 4.57. The fourth-order valence-electron chi connectivity index (χ4n) is 0.744. The fourth-order valence-corrected chi connectivity index (χ4v) is 0.744. The van der Waals surface area contributed by atoms with Crippen LogP contribution in [0.25, 0.3) is 0 Å². The lowest BCUT2D eigenvalue weighted by Gasteiger charge is -1.93. The van der Waals surface area contributed by atoms with E-state index in [4.69, 9.17) is 10.2 Å². The molecule has 1 aliphatic rings. The highest BCUT2D eigenvalue weighted by Gasteiger charge is 2.38. The molecule has 2 atom stereocenters. The van der Waals surface area contributed by atoms with Crippen molar-refractivity contribution in [3.63, 3.8) is 0 Å². The molecular formula is C5H6O4. The van der Waals surface area contributed by atoms with E-state index in [0.717, 1.165) is 0 Å². The van der Waals surface area contributed by atoms with Crippen LogP contribution >= 0.6 is 0 Å². The predicted molar refractivity (Wildman–Crippen MR) is 26.6 cm³/mol. The standard InChI is InChI=1S/C5H6O4/c6-2-1-3(7)5(9)4(2)8/h2,5-6,9H,1H2. The summed E-state index contributed by atoms with van der Waals surface area (Å²) >= 11 is 0. The zero-order valence-corrected chi connectivity index (χ0v) is 4.57. The van der Waals surface area contributed by atoms with Gasteiger partial charge < -0.3 is 10.2 Å². The molecule has 0 aliphatic heterocycles. The third kappa shape index (κ3) is 0.863. The normalized spacial score (nSPS) is 35.8. The minimum atomic E-state index is -1.57. The summed E-state index contributed by atoms with van der Waals surface area (Å²) in [4.78, 5) is 20.8. The van der Waals surface area contributed by atoms with Crippen LogP contribution < -0.4 is 0 Å². The van der Waals surface area contributed by atoms with E-state index in [0.29, 0.717) is 0 Å². The molecular weight excluding hydrogens is 124 g/mol. The number of carbonyl (C=O) groups is 2. The Bertz CT molecular complexity index is 162. The molecule has 2 N–H and O–H groups in total. The first-order chi connectivity index (χ1) is 4.13. The number of carbonyl (C=O) groups excluding carboxylic acids is 2. The van der Waals surface area contributed by atoms with E-state index in [2.05, 4.69) is 0 Å². The van der Waals surface area contributed by atoms with Gasteiger partial charge in [0.1, 0.15) is 6.10 Å². The molecule has 0 aromatic carbocycles. The number of ketones is 2. The van der Waals surface area contributed by atoms with Crippen molar-refractivity contribution in [3.05, 3.63) is 0 Å². The van der Waals surface area contributed by atoms with Crippen molar-refractivity contribution >= 4 is 11.6 Å². The summed E-state index contributed by atoms with van der Waals surface area (Å²) < 4.78 is 0. The first-order valence-corrected chi connectivity index (χ1v) is 2.55. The Labute approximate surface area is 51.1 Å². The fraction of sp³-hybridized carbons (Fsp3) is 0.600. The minimum absolute atomic E-state index is 0.236. The van der Waals surface area contributed by atoms with Crippen molar-refractivity contribution in [2.45, 2.75) is 18.6 Å². The van der Waals surface area contributed by atoms with Crippen LogP contribution in [0.1, 0.15) is 6.42 Å². The van der Waals surface area contributed by atoms with Crippen molar-refractivity contribution in [2.75, 3.05) is 0 Å². The van der Waals surface area contributed by atoms with E-state index < -0.39 is 23.8 Å². The van der Waals surface area contributed by atoms with Crippen LogP contribution in [0.5, 0.6) is 0 Å². The Morgan fingerprint density at radius 3 is 2.00 bits per heavy atom. The van der Waals surface area contributed by atoms with Gasteiger partial charge in [-0.2, -0.15) is 0 Å². The molecule has 0 amide bonds. The van der Waals surface area contributed by atoms with Gasteiger partial charge in [0, 0.05) is 6.42 Å². The van der Waals surface area contributed by atoms with E-state index >= 15 is 0 Å². The van der Waals surface area contributed by atoms with Gasteiger partial charge in [-0.3, -0.25) is 9.59 Å². The minimum Gasteiger partial charge on any atom is -0.385 e. The second-order valence-electron chi connectivity index (χ2n) is 1.99. The monoisotopic (exact) mass is 130 g/mol. The number of aliphatic hydroxyl groups is 2. The van der Waals surface area contributed by atoms with Crippen LogP contribution in [0.3, 0.4) is 0 Å². The van der Waals surface area contributed by atoms with E-state index in [9.17, 15) is 9.59 Å². The van der Waals surface area contributed by atoms with Crippen molar-refractivity contribution in [2.24, 2.45) is 0 Å². The lowest BCUT2D eigenvalue weighted by molar-refractivity contribution is -0.134. The van der Waals surface area contributed by atoms with Crippen molar-refractivity contribution in [1.29, 1.82) is 0 Å². The second-order valence-corrected chi connectivity index (χ2v) is 1.99. The Hall–Kier alpha value is -0.740. The summed E-state index contributed by atoms with van der Waals surface area (Å²) in [5.41, 5.74) is 0. The highest BCUT2D eigenvalue weighted by atomic mass is 16.3. The topological polar surface area (TPSA) is 74.6 Å². The number of Topliss-reactive ketones (excluding diaryl/α,β-unsaturated/α-hetero) is 2. The highest BCUT2D eigenvalue weighted by molar-refractivity contribution is 6.13. The molecule has 1 aliphatic carbocycles. The molecule has 0 saturated heterocycles. The smallest absolute Gasteiger partial charge is 0.197 e. The Balaban J connectivity index is 2.77. The molecule has 0 aromatic heterocycles. The van der Waals surface area contributed by atoms with Gasteiger partial charge in [0.05, 0.1) is 0 Å². The van der Waals surface area contributed by atoms with Crippen LogP contribution in [0.4, 0.5) is 0 Å². The van der Waals surface area contributed by atoms with Gasteiger partial charge in [0.25, 0.3) is 0 Å². The van der Waals surface area contributed by atoms with E-state index in [1.54, 1.807) is 0 Å². The molecule has 4 heteroatoms. The van der Waals surface area contributed by atoms with Gasteiger partial charge in [-0.15, -0.1) is 0 Å². The lowest BCUT2D eigenvalue weighted by atomic mass is 10.3. The van der Waals surface area contributed by atoms with Gasteiger partial charge in [-0.05, 0) is 0 Å². The summed E-state index contributed by atoms with van der Waals surface area (Å²) in [5.74, 6) is -1.37. The van der Waals surface area contributed by atoms with Crippen molar-refractivity contribution in [3.8, 4) is 0 Å². The number of rotatable bonds is 0. The van der Waals surface area contributed by atoms with E-state index in [1.165, 1.54) is 0 Å². The Morgan fingerprint density at radius 2 is 1.89 bits per heavy atom. The first-order valence-electron chi connectivity index (χ1n) is 2.55. The summed E-state index contributed by atoms with van der Waals surface area (Å²) in [6, 6.07) is 0. The second kappa shape index (κ2) is 1.89.